The molecule has 3 rings (SSSR count). The third-order valence-corrected chi connectivity index (χ3v) is 5.50. The van der Waals surface area contributed by atoms with Gasteiger partial charge in [0.25, 0.3) is 0 Å². The molecule has 0 aliphatic rings. The van der Waals surface area contributed by atoms with Crippen LogP contribution >= 0.6 is 22.9 Å². The molecule has 2 heterocycles. The molecule has 0 aliphatic carbocycles. The van der Waals surface area contributed by atoms with E-state index in [0.29, 0.717) is 11.6 Å². The highest BCUT2D eigenvalue weighted by Crippen LogP contribution is 2.27. The van der Waals surface area contributed by atoms with Crippen molar-refractivity contribution in [2.75, 3.05) is 11.9 Å². The Labute approximate surface area is 168 Å². The van der Waals surface area contributed by atoms with Crippen molar-refractivity contribution in [1.29, 1.82) is 0 Å². The summed E-state index contributed by atoms with van der Waals surface area (Å²) in [4.78, 5) is 17.5. The van der Waals surface area contributed by atoms with E-state index < -0.39 is 0 Å². The van der Waals surface area contributed by atoms with Crippen LogP contribution in [0.3, 0.4) is 0 Å². The quantitative estimate of drug-likeness (QED) is 0.534. The van der Waals surface area contributed by atoms with Crippen molar-refractivity contribution in [3.63, 3.8) is 0 Å². The topological polar surface area (TPSA) is 54.0 Å². The average Bonchev–Trinajstić information content (AvgIpc) is 3.19. The summed E-state index contributed by atoms with van der Waals surface area (Å²) in [5, 5.41) is 8.48. The molecule has 140 valence electrons. The summed E-state index contributed by atoms with van der Waals surface area (Å²) in [6, 6.07) is 16.1. The zero-order chi connectivity index (χ0) is 19.2. The molecule has 0 bridgehead atoms. The molecule has 0 fully saturated rings. The number of carbonyl (C=O) groups excluding carboxylic acids is 1. The van der Waals surface area contributed by atoms with Gasteiger partial charge in [0.05, 0.1) is 18.3 Å². The molecule has 0 saturated heterocycles. The number of thiophene rings is 1. The third kappa shape index (κ3) is 5.16. The highest BCUT2D eigenvalue weighted by Gasteiger charge is 2.17. The molecule has 6 heteroatoms. The number of carbonyl (C=O) groups is 1. The zero-order valence-corrected chi connectivity index (χ0v) is 16.8. The largest absolute Gasteiger partial charge is 0.322 e. The van der Waals surface area contributed by atoms with Crippen LogP contribution in [0.2, 0.25) is 5.15 Å². The van der Waals surface area contributed by atoms with Gasteiger partial charge in [-0.2, -0.15) is 0 Å². The molecule has 4 nitrogen and oxygen atoms in total. The lowest BCUT2D eigenvalue weighted by Gasteiger charge is -2.19. The number of aromatic nitrogens is 1. The minimum Gasteiger partial charge on any atom is -0.322 e. The standard InChI is InChI=1S/C21H22ClN3OS/c1-14(2)15-7-9-16(10-8-15)20(18-6-4-12-27-18)24-13-19(26)25-17-5-3-11-23-21(17)22/h3-12,14,20,24H,13H2,1-2H3,(H,25,26)/t20-/m0/s1. The van der Waals surface area contributed by atoms with Crippen LogP contribution in [0.15, 0.2) is 60.1 Å². The lowest BCUT2D eigenvalue weighted by molar-refractivity contribution is -0.115. The van der Waals surface area contributed by atoms with Crippen LogP contribution in [0.4, 0.5) is 5.69 Å². The number of benzene rings is 1. The van der Waals surface area contributed by atoms with Crippen molar-refractivity contribution < 1.29 is 4.79 Å². The van der Waals surface area contributed by atoms with E-state index in [1.165, 1.54) is 10.4 Å². The highest BCUT2D eigenvalue weighted by molar-refractivity contribution is 7.10. The minimum atomic E-state index is -0.162. The molecule has 2 N–H and O–H groups in total. The van der Waals surface area contributed by atoms with E-state index in [9.17, 15) is 4.79 Å². The van der Waals surface area contributed by atoms with Crippen molar-refractivity contribution in [3.8, 4) is 0 Å². The summed E-state index contributed by atoms with van der Waals surface area (Å²) in [7, 11) is 0. The van der Waals surface area contributed by atoms with Crippen LogP contribution < -0.4 is 10.6 Å². The number of pyridine rings is 1. The Balaban J connectivity index is 1.71. The summed E-state index contributed by atoms with van der Waals surface area (Å²) >= 11 is 7.67. The lowest BCUT2D eigenvalue weighted by Crippen LogP contribution is -2.31. The second-order valence-electron chi connectivity index (χ2n) is 6.54. The van der Waals surface area contributed by atoms with Crippen molar-refractivity contribution in [3.05, 3.63) is 81.3 Å². The van der Waals surface area contributed by atoms with Crippen molar-refractivity contribution in [1.82, 2.24) is 10.3 Å². The Kier molecular flexibility index (Phi) is 6.61. The van der Waals surface area contributed by atoms with E-state index in [1.54, 1.807) is 29.7 Å². The Morgan fingerprint density at radius 2 is 1.85 bits per heavy atom. The van der Waals surface area contributed by atoms with Crippen LogP contribution in [-0.2, 0) is 4.79 Å². The van der Waals surface area contributed by atoms with Gasteiger partial charge in [0.2, 0.25) is 5.91 Å². The molecule has 0 aliphatic heterocycles. The first-order chi connectivity index (χ1) is 13.0. The van der Waals surface area contributed by atoms with Gasteiger partial charge in [-0.1, -0.05) is 55.8 Å². The van der Waals surface area contributed by atoms with Crippen LogP contribution in [0.1, 0.15) is 41.8 Å². The van der Waals surface area contributed by atoms with Gasteiger partial charge in [0.15, 0.2) is 5.15 Å². The van der Waals surface area contributed by atoms with Crippen LogP contribution in [-0.4, -0.2) is 17.4 Å². The van der Waals surface area contributed by atoms with Crippen molar-refractivity contribution in [2.24, 2.45) is 0 Å². The van der Waals surface area contributed by atoms with E-state index in [-0.39, 0.29) is 23.6 Å². The molecule has 0 radical (unpaired) electrons. The van der Waals surface area contributed by atoms with E-state index >= 15 is 0 Å². The minimum absolute atomic E-state index is 0.0404. The number of nitrogens with one attached hydrogen (secondary N) is 2. The van der Waals surface area contributed by atoms with Crippen molar-refractivity contribution in [2.45, 2.75) is 25.8 Å². The number of amides is 1. The summed E-state index contributed by atoms with van der Waals surface area (Å²) in [5.74, 6) is 0.326. The third-order valence-electron chi connectivity index (χ3n) is 4.26. The van der Waals surface area contributed by atoms with Gasteiger partial charge in [0, 0.05) is 11.1 Å². The molecule has 1 amide bonds. The summed E-state index contributed by atoms with van der Waals surface area (Å²) in [6.45, 7) is 4.52. The Hall–Kier alpha value is -2.21. The predicted molar refractivity (Wildman–Crippen MR) is 113 cm³/mol. The molecule has 27 heavy (non-hydrogen) atoms. The van der Waals surface area contributed by atoms with Crippen molar-refractivity contribution >= 4 is 34.5 Å². The van der Waals surface area contributed by atoms with Gasteiger partial charge in [-0.05, 0) is 40.6 Å². The Morgan fingerprint density at radius 1 is 1.11 bits per heavy atom. The molecular formula is C21H22ClN3OS. The van der Waals surface area contributed by atoms with Crippen LogP contribution in [0.25, 0.3) is 0 Å². The lowest BCUT2D eigenvalue weighted by atomic mass is 9.98. The first-order valence-corrected chi connectivity index (χ1v) is 10.1. The Morgan fingerprint density at radius 3 is 2.48 bits per heavy atom. The molecule has 0 saturated carbocycles. The number of rotatable bonds is 7. The monoisotopic (exact) mass is 399 g/mol. The van der Waals surface area contributed by atoms with E-state index in [4.69, 9.17) is 11.6 Å². The van der Waals surface area contributed by atoms with E-state index in [1.807, 2.05) is 11.4 Å². The number of hydrogen-bond acceptors (Lipinski definition) is 4. The van der Waals surface area contributed by atoms with Gasteiger partial charge >= 0.3 is 0 Å². The molecule has 1 atom stereocenters. The summed E-state index contributed by atoms with van der Waals surface area (Å²) in [6.07, 6.45) is 1.59. The maximum Gasteiger partial charge on any atom is 0.238 e. The molecule has 0 unspecified atom stereocenters. The second kappa shape index (κ2) is 9.13. The van der Waals surface area contributed by atoms with Crippen LogP contribution in [0, 0.1) is 0 Å². The van der Waals surface area contributed by atoms with Gasteiger partial charge in [-0.15, -0.1) is 11.3 Å². The van der Waals surface area contributed by atoms with Gasteiger partial charge in [0.1, 0.15) is 0 Å². The average molecular weight is 400 g/mol. The first-order valence-electron chi connectivity index (χ1n) is 8.81. The maximum absolute atomic E-state index is 12.4. The molecule has 1 aromatic carbocycles. The van der Waals surface area contributed by atoms with Gasteiger partial charge in [-0.3, -0.25) is 10.1 Å². The summed E-state index contributed by atoms with van der Waals surface area (Å²) < 4.78 is 0. The fourth-order valence-corrected chi connectivity index (χ4v) is 3.77. The Bertz CT molecular complexity index is 879. The number of nitrogens with zero attached hydrogens (tertiary/aromatic N) is 1. The molecule has 3 aromatic rings. The first kappa shape index (κ1) is 19.5. The molecule has 0 spiro atoms. The maximum atomic E-state index is 12.4. The zero-order valence-electron chi connectivity index (χ0n) is 15.3. The number of anilines is 1. The van der Waals surface area contributed by atoms with Gasteiger partial charge < -0.3 is 5.32 Å². The SMILES string of the molecule is CC(C)c1ccc([C@H](NCC(=O)Nc2cccnc2Cl)c2cccs2)cc1. The smallest absolute Gasteiger partial charge is 0.238 e. The number of hydrogen-bond donors (Lipinski definition) is 2. The fourth-order valence-electron chi connectivity index (χ4n) is 2.78. The normalized spacial score (nSPS) is 12.1. The molecular weight excluding hydrogens is 378 g/mol. The van der Waals surface area contributed by atoms with Crippen LogP contribution in [0.5, 0.6) is 0 Å². The number of halogens is 1. The highest BCUT2D eigenvalue weighted by atomic mass is 35.5. The fraction of sp³-hybridized carbons (Fsp3) is 0.238. The summed E-state index contributed by atoms with van der Waals surface area (Å²) in [5.41, 5.74) is 2.95. The van der Waals surface area contributed by atoms with E-state index in [0.717, 1.165) is 5.56 Å². The van der Waals surface area contributed by atoms with E-state index in [2.05, 4.69) is 59.8 Å². The van der Waals surface area contributed by atoms with Gasteiger partial charge in [-0.25, -0.2) is 4.98 Å². The predicted octanol–water partition coefficient (Wildman–Crippen LogP) is 5.24. The second-order valence-corrected chi connectivity index (χ2v) is 7.88. The molecule has 2 aromatic heterocycles.